The van der Waals surface area contributed by atoms with E-state index in [-0.39, 0.29) is 0 Å². The second kappa shape index (κ2) is 5.17. The average molecular weight is 281 g/mol. The summed E-state index contributed by atoms with van der Waals surface area (Å²) in [5.74, 6) is 1.21. The van der Waals surface area contributed by atoms with E-state index in [9.17, 15) is 0 Å². The van der Waals surface area contributed by atoms with Crippen LogP contribution in [-0.4, -0.2) is 31.9 Å². The van der Waals surface area contributed by atoms with Crippen molar-refractivity contribution in [1.29, 1.82) is 0 Å². The molecule has 2 aromatic rings. The summed E-state index contributed by atoms with van der Waals surface area (Å²) >= 11 is 0. The van der Waals surface area contributed by atoms with Gasteiger partial charge in [0.2, 0.25) is 0 Å². The third-order valence-electron chi connectivity index (χ3n) is 4.52. The maximum Gasteiger partial charge on any atom is 0.118 e. The summed E-state index contributed by atoms with van der Waals surface area (Å²) < 4.78 is 11.0. The van der Waals surface area contributed by atoms with Crippen LogP contribution in [0, 0.1) is 0 Å². The van der Waals surface area contributed by atoms with Gasteiger partial charge < -0.3 is 14.8 Å². The number of hydrogen-bond acceptors (Lipinski definition) is 3. The fourth-order valence-electron chi connectivity index (χ4n) is 3.39. The van der Waals surface area contributed by atoms with Gasteiger partial charge in [-0.15, -0.1) is 0 Å². The van der Waals surface area contributed by atoms with E-state index in [2.05, 4.69) is 47.8 Å². The minimum absolute atomic E-state index is 0.314. The Morgan fingerprint density at radius 3 is 2.33 bits per heavy atom. The van der Waals surface area contributed by atoms with Gasteiger partial charge in [-0.2, -0.15) is 0 Å². The van der Waals surface area contributed by atoms with Crippen LogP contribution < -0.4 is 10.1 Å². The first-order chi connectivity index (χ1) is 10.4. The molecule has 2 aliphatic heterocycles. The Kier molecular flexibility index (Phi) is 3.17. The zero-order valence-electron chi connectivity index (χ0n) is 12.0. The summed E-state index contributed by atoms with van der Waals surface area (Å²) in [6.45, 7) is 0.967. The Morgan fingerprint density at radius 2 is 1.76 bits per heavy atom. The number of benzene rings is 2. The summed E-state index contributed by atoms with van der Waals surface area (Å²) in [4.78, 5) is 0. The number of fused-ring (bicyclic) bond motifs is 1. The highest BCUT2D eigenvalue weighted by molar-refractivity contribution is 5.39. The molecular weight excluding hydrogens is 262 g/mol. The molecule has 2 aromatic carbocycles. The Bertz CT molecular complexity index is 611. The van der Waals surface area contributed by atoms with Gasteiger partial charge >= 0.3 is 0 Å². The monoisotopic (exact) mass is 281 g/mol. The van der Waals surface area contributed by atoms with Gasteiger partial charge in [-0.25, -0.2) is 0 Å². The molecule has 2 heterocycles. The maximum absolute atomic E-state index is 5.75. The van der Waals surface area contributed by atoms with Crippen molar-refractivity contribution < 1.29 is 9.47 Å². The molecule has 0 unspecified atom stereocenters. The topological polar surface area (TPSA) is 33.8 Å². The van der Waals surface area contributed by atoms with Crippen LogP contribution in [0.25, 0.3) is 0 Å². The number of rotatable bonds is 4. The van der Waals surface area contributed by atoms with E-state index in [1.54, 1.807) is 7.11 Å². The Morgan fingerprint density at radius 1 is 1.05 bits per heavy atom. The van der Waals surface area contributed by atoms with Crippen LogP contribution >= 0.6 is 0 Å². The minimum Gasteiger partial charge on any atom is -0.497 e. The van der Waals surface area contributed by atoms with Crippen molar-refractivity contribution in [3.63, 3.8) is 0 Å². The van der Waals surface area contributed by atoms with Gasteiger partial charge in [-0.05, 0) is 23.3 Å². The summed E-state index contributed by atoms with van der Waals surface area (Å²) in [6, 6.07) is 19.4. The van der Waals surface area contributed by atoms with Crippen molar-refractivity contribution in [3.05, 3.63) is 65.7 Å². The molecule has 2 aliphatic rings. The van der Waals surface area contributed by atoms with Crippen molar-refractivity contribution in [2.45, 2.75) is 24.2 Å². The molecule has 0 saturated carbocycles. The molecule has 108 valence electrons. The summed E-state index contributed by atoms with van der Waals surface area (Å²) in [6.07, 6.45) is 0.775. The van der Waals surface area contributed by atoms with Gasteiger partial charge in [0.05, 0.1) is 13.2 Å². The highest BCUT2D eigenvalue weighted by Gasteiger charge is 2.53. The lowest BCUT2D eigenvalue weighted by molar-refractivity contribution is 0.277. The van der Waals surface area contributed by atoms with Gasteiger partial charge in [0.25, 0.3) is 0 Å². The quantitative estimate of drug-likeness (QED) is 0.875. The molecular formula is C18H19NO2. The van der Waals surface area contributed by atoms with E-state index in [1.165, 1.54) is 11.1 Å². The van der Waals surface area contributed by atoms with Crippen molar-refractivity contribution in [2.24, 2.45) is 0 Å². The van der Waals surface area contributed by atoms with E-state index < -0.39 is 0 Å². The van der Waals surface area contributed by atoms with E-state index in [1.807, 2.05) is 12.1 Å². The Balaban J connectivity index is 1.71. The van der Waals surface area contributed by atoms with Crippen molar-refractivity contribution >= 4 is 0 Å². The number of nitrogens with one attached hydrogen (secondary N) is 1. The fourth-order valence-corrected chi connectivity index (χ4v) is 3.39. The largest absolute Gasteiger partial charge is 0.497 e. The third-order valence-corrected chi connectivity index (χ3v) is 4.52. The van der Waals surface area contributed by atoms with Crippen LogP contribution in [0.15, 0.2) is 54.6 Å². The van der Waals surface area contributed by atoms with E-state index in [4.69, 9.17) is 9.47 Å². The Hall–Kier alpha value is -1.84. The van der Waals surface area contributed by atoms with Crippen LogP contribution in [0.3, 0.4) is 0 Å². The summed E-state index contributed by atoms with van der Waals surface area (Å²) in [7, 11) is 1.70. The number of epoxide rings is 1. The van der Waals surface area contributed by atoms with Crippen LogP contribution in [0.1, 0.15) is 17.0 Å². The number of morpholine rings is 1. The fraction of sp³-hybridized carbons (Fsp3) is 0.333. The molecule has 4 rings (SSSR count). The van der Waals surface area contributed by atoms with Gasteiger partial charge in [0.15, 0.2) is 0 Å². The molecule has 2 fully saturated rings. The molecule has 0 spiro atoms. The maximum atomic E-state index is 5.75. The second-order valence-corrected chi connectivity index (χ2v) is 5.73. The molecule has 0 bridgehead atoms. The van der Waals surface area contributed by atoms with Crippen molar-refractivity contribution in [1.82, 2.24) is 5.32 Å². The second-order valence-electron chi connectivity index (χ2n) is 5.73. The average Bonchev–Trinajstić information content (AvgIpc) is 3.23. The number of hydrogen-bond donors (Lipinski definition) is 1. The van der Waals surface area contributed by atoms with Gasteiger partial charge in [0.1, 0.15) is 11.9 Å². The van der Waals surface area contributed by atoms with Gasteiger partial charge in [0, 0.05) is 18.5 Å². The highest BCUT2D eigenvalue weighted by Crippen LogP contribution is 2.40. The standard InChI is InChI=1S/C18H19NO2/c1-20-14-9-7-13(8-10-14)16(12-5-3-2-4-6-12)17-18-15(21-18)11-19-17/h2-10,15-19H,11H2,1H3/t15-,16+,17+,18+/m1/s1. The van der Waals surface area contributed by atoms with Gasteiger partial charge in [-0.3, -0.25) is 0 Å². The number of ether oxygens (including phenoxy) is 2. The lowest BCUT2D eigenvalue weighted by atomic mass is 9.84. The normalized spacial score (nSPS) is 28.0. The highest BCUT2D eigenvalue weighted by atomic mass is 16.6. The molecule has 0 aliphatic carbocycles. The first kappa shape index (κ1) is 12.9. The molecule has 21 heavy (non-hydrogen) atoms. The molecule has 4 atom stereocenters. The van der Waals surface area contributed by atoms with E-state index >= 15 is 0 Å². The van der Waals surface area contributed by atoms with Crippen LogP contribution in [0.2, 0.25) is 0 Å². The molecule has 2 saturated heterocycles. The zero-order chi connectivity index (χ0) is 14.2. The lowest BCUT2D eigenvalue weighted by Crippen LogP contribution is -2.35. The first-order valence-corrected chi connectivity index (χ1v) is 7.44. The van der Waals surface area contributed by atoms with Crippen molar-refractivity contribution in [3.8, 4) is 5.75 Å². The predicted molar refractivity (Wildman–Crippen MR) is 81.7 cm³/mol. The molecule has 3 nitrogen and oxygen atoms in total. The number of methoxy groups -OCH3 is 1. The van der Waals surface area contributed by atoms with E-state index in [0.717, 1.165) is 12.3 Å². The lowest BCUT2D eigenvalue weighted by Gasteiger charge is -2.26. The van der Waals surface area contributed by atoms with Crippen LogP contribution in [0.5, 0.6) is 5.75 Å². The van der Waals surface area contributed by atoms with Gasteiger partial charge in [-0.1, -0.05) is 42.5 Å². The molecule has 3 heteroatoms. The molecule has 0 aromatic heterocycles. The minimum atomic E-state index is 0.314. The molecule has 1 N–H and O–H groups in total. The smallest absolute Gasteiger partial charge is 0.118 e. The van der Waals surface area contributed by atoms with Crippen molar-refractivity contribution in [2.75, 3.05) is 13.7 Å². The van der Waals surface area contributed by atoms with Crippen LogP contribution in [0.4, 0.5) is 0 Å². The molecule has 0 amide bonds. The predicted octanol–water partition coefficient (Wildman–Crippen LogP) is 2.57. The summed E-state index contributed by atoms with van der Waals surface area (Å²) in [5.41, 5.74) is 2.63. The summed E-state index contributed by atoms with van der Waals surface area (Å²) in [5, 5.41) is 3.63. The first-order valence-electron chi connectivity index (χ1n) is 7.44. The van der Waals surface area contributed by atoms with E-state index in [0.29, 0.717) is 24.2 Å². The SMILES string of the molecule is COc1ccc([C@H](c2ccccc2)[C@@H]2NC[C@H]3O[C@H]23)cc1. The molecule has 0 radical (unpaired) electrons. The van der Waals surface area contributed by atoms with Crippen LogP contribution in [-0.2, 0) is 4.74 Å². The third kappa shape index (κ3) is 2.33. The zero-order valence-corrected chi connectivity index (χ0v) is 12.0. The Labute approximate surface area is 124 Å².